The van der Waals surface area contributed by atoms with Gasteiger partial charge in [0.2, 0.25) is 0 Å². The number of pyridine rings is 1. The number of nitrogens with zero attached hydrogens (tertiary/aromatic N) is 2. The topological polar surface area (TPSA) is 34.6 Å². The first-order valence-corrected chi connectivity index (χ1v) is 6.78. The Morgan fingerprint density at radius 1 is 1.25 bits per heavy atom. The summed E-state index contributed by atoms with van der Waals surface area (Å²) in [7, 11) is 3.35. The van der Waals surface area contributed by atoms with Crippen LogP contribution in [0, 0.1) is 0 Å². The van der Waals surface area contributed by atoms with Crippen molar-refractivity contribution >= 4 is 22.5 Å². The summed E-state index contributed by atoms with van der Waals surface area (Å²) in [5.41, 5.74) is 2.03. The number of hydrogen-bond donors (Lipinski definition) is 0. The normalized spacial score (nSPS) is 12.8. The summed E-state index contributed by atoms with van der Waals surface area (Å²) in [6, 6.07) is 4.01. The maximum atomic E-state index is 5.60. The van der Waals surface area contributed by atoms with Gasteiger partial charge >= 0.3 is 0 Å². The quantitative estimate of drug-likeness (QED) is 0.852. The van der Waals surface area contributed by atoms with Crippen molar-refractivity contribution in [1.82, 2.24) is 4.98 Å². The first-order valence-electron chi connectivity index (χ1n) is 6.78. The third-order valence-corrected chi connectivity index (χ3v) is 3.56. The van der Waals surface area contributed by atoms with E-state index in [1.165, 1.54) is 0 Å². The van der Waals surface area contributed by atoms with Crippen LogP contribution in [0.4, 0.5) is 5.69 Å². The van der Waals surface area contributed by atoms with E-state index in [-0.39, 0.29) is 0 Å². The average Bonchev–Trinajstić information content (AvgIpc) is 2.49. The summed E-state index contributed by atoms with van der Waals surface area (Å²) in [5, 5.41) is 2.24. The van der Waals surface area contributed by atoms with Gasteiger partial charge in [-0.1, -0.05) is 6.92 Å². The second kappa shape index (κ2) is 5.04. The average molecular weight is 270 g/mol. The summed E-state index contributed by atoms with van der Waals surface area (Å²) in [4.78, 5) is 6.66. The Morgan fingerprint density at radius 3 is 2.80 bits per heavy atom. The number of hydrogen-bond acceptors (Lipinski definition) is 4. The fourth-order valence-electron chi connectivity index (χ4n) is 2.72. The lowest BCUT2D eigenvalue weighted by Gasteiger charge is -2.28. The molecule has 0 amide bonds. The number of rotatable bonds is 4. The van der Waals surface area contributed by atoms with Crippen molar-refractivity contribution in [3.05, 3.63) is 30.2 Å². The smallest absolute Gasteiger partial charge is 0.185 e. The molecule has 0 saturated carbocycles. The van der Waals surface area contributed by atoms with Gasteiger partial charge in [0.05, 0.1) is 25.6 Å². The monoisotopic (exact) mass is 270 g/mol. The summed E-state index contributed by atoms with van der Waals surface area (Å²) < 4.78 is 11.1. The van der Waals surface area contributed by atoms with Crippen LogP contribution in [-0.2, 0) is 0 Å². The van der Waals surface area contributed by atoms with Crippen molar-refractivity contribution in [1.29, 1.82) is 0 Å². The van der Waals surface area contributed by atoms with Crippen LogP contribution in [0.1, 0.15) is 19.0 Å². The molecule has 4 nitrogen and oxygen atoms in total. The summed E-state index contributed by atoms with van der Waals surface area (Å²) in [6.45, 7) is 3.10. The zero-order chi connectivity index (χ0) is 14.1. The van der Waals surface area contributed by atoms with E-state index >= 15 is 0 Å². The molecular formula is C16H18N2O2. The van der Waals surface area contributed by atoms with Crippen LogP contribution >= 0.6 is 0 Å². The van der Waals surface area contributed by atoms with E-state index in [1.54, 1.807) is 14.2 Å². The van der Waals surface area contributed by atoms with Gasteiger partial charge in [0.15, 0.2) is 11.5 Å². The molecule has 0 saturated heterocycles. The van der Waals surface area contributed by atoms with Gasteiger partial charge in [0.1, 0.15) is 0 Å². The van der Waals surface area contributed by atoms with Crippen LogP contribution in [0.25, 0.3) is 16.8 Å². The molecule has 0 spiro atoms. The van der Waals surface area contributed by atoms with Crippen molar-refractivity contribution in [2.75, 3.05) is 25.7 Å². The van der Waals surface area contributed by atoms with Crippen molar-refractivity contribution < 1.29 is 9.47 Å². The molecular weight excluding hydrogens is 252 g/mol. The maximum absolute atomic E-state index is 5.60. The van der Waals surface area contributed by atoms with Crippen molar-refractivity contribution in [2.45, 2.75) is 13.3 Å². The van der Waals surface area contributed by atoms with Gasteiger partial charge in [-0.15, -0.1) is 0 Å². The summed E-state index contributed by atoms with van der Waals surface area (Å²) in [5.74, 6) is 1.52. The Labute approximate surface area is 118 Å². The molecule has 0 fully saturated rings. The van der Waals surface area contributed by atoms with Gasteiger partial charge in [-0.2, -0.15) is 0 Å². The lowest BCUT2D eigenvalue weighted by molar-refractivity contribution is 0.356. The Morgan fingerprint density at radius 2 is 2.10 bits per heavy atom. The van der Waals surface area contributed by atoms with Crippen LogP contribution in [0.5, 0.6) is 11.5 Å². The minimum Gasteiger partial charge on any atom is -0.493 e. The van der Waals surface area contributed by atoms with E-state index in [9.17, 15) is 0 Å². The van der Waals surface area contributed by atoms with Crippen molar-refractivity contribution in [2.24, 2.45) is 0 Å². The molecule has 1 aromatic heterocycles. The van der Waals surface area contributed by atoms with Gasteiger partial charge in [0.25, 0.3) is 0 Å². The molecule has 1 aromatic carbocycles. The Hall–Kier alpha value is -2.23. The van der Waals surface area contributed by atoms with E-state index in [4.69, 9.17) is 9.47 Å². The number of benzene rings is 1. The zero-order valence-corrected chi connectivity index (χ0v) is 12.0. The van der Waals surface area contributed by atoms with E-state index in [1.807, 2.05) is 18.3 Å². The minimum atomic E-state index is 0.753. The molecule has 1 aliphatic rings. The van der Waals surface area contributed by atoms with Gasteiger partial charge in [0, 0.05) is 24.3 Å². The predicted molar refractivity (Wildman–Crippen MR) is 81.5 cm³/mol. The number of ether oxygens (including phenoxy) is 2. The number of anilines is 1. The molecule has 0 atom stereocenters. The largest absolute Gasteiger partial charge is 0.493 e. The van der Waals surface area contributed by atoms with Crippen LogP contribution in [0.3, 0.4) is 0 Å². The molecule has 2 heterocycles. The number of aromatic nitrogens is 1. The standard InChI is InChI=1S/C16H18N2O2/c1-4-8-18-9-6-12-14-11(5-7-17-12)10-13(19-2)16(20-3)15(14)18/h5-7,9-10H,4,8H2,1-3H3. The fourth-order valence-corrected chi connectivity index (χ4v) is 2.72. The van der Waals surface area contributed by atoms with Crippen LogP contribution < -0.4 is 14.4 Å². The second-order valence-corrected chi connectivity index (χ2v) is 4.76. The third kappa shape index (κ3) is 1.80. The highest BCUT2D eigenvalue weighted by Crippen LogP contribution is 2.46. The van der Waals surface area contributed by atoms with Gasteiger partial charge in [-0.3, -0.25) is 4.98 Å². The predicted octanol–water partition coefficient (Wildman–Crippen LogP) is 3.45. The molecule has 0 aliphatic carbocycles. The van der Waals surface area contributed by atoms with E-state index in [0.29, 0.717) is 0 Å². The van der Waals surface area contributed by atoms with Gasteiger partial charge < -0.3 is 14.4 Å². The van der Waals surface area contributed by atoms with Crippen molar-refractivity contribution in [3.63, 3.8) is 0 Å². The lowest BCUT2D eigenvalue weighted by atomic mass is 10.0. The SMILES string of the molecule is CCCN1C=Cc2nccc3cc(OC)c(OC)c1c23. The van der Waals surface area contributed by atoms with E-state index < -0.39 is 0 Å². The van der Waals surface area contributed by atoms with Gasteiger partial charge in [-0.25, -0.2) is 0 Å². The summed E-state index contributed by atoms with van der Waals surface area (Å²) >= 11 is 0. The highest BCUT2D eigenvalue weighted by atomic mass is 16.5. The highest BCUT2D eigenvalue weighted by Gasteiger charge is 2.23. The van der Waals surface area contributed by atoms with E-state index in [2.05, 4.69) is 29.1 Å². The maximum Gasteiger partial charge on any atom is 0.185 e. The Kier molecular flexibility index (Phi) is 3.22. The molecule has 0 bridgehead atoms. The van der Waals surface area contributed by atoms with Crippen LogP contribution in [0.15, 0.2) is 24.5 Å². The molecule has 0 N–H and O–H groups in total. The minimum absolute atomic E-state index is 0.753. The Bertz CT molecular complexity index is 680. The molecule has 1 aliphatic heterocycles. The molecule has 2 aromatic rings. The van der Waals surface area contributed by atoms with E-state index in [0.717, 1.165) is 46.6 Å². The number of methoxy groups -OCH3 is 2. The zero-order valence-electron chi connectivity index (χ0n) is 12.0. The highest BCUT2D eigenvalue weighted by molar-refractivity contribution is 6.05. The molecule has 4 heteroatoms. The first-order chi connectivity index (χ1) is 9.80. The van der Waals surface area contributed by atoms with Crippen molar-refractivity contribution in [3.8, 4) is 11.5 Å². The molecule has 0 radical (unpaired) electrons. The van der Waals surface area contributed by atoms with Crippen LogP contribution in [0.2, 0.25) is 0 Å². The lowest BCUT2D eigenvalue weighted by Crippen LogP contribution is -2.20. The van der Waals surface area contributed by atoms with Crippen LogP contribution in [-0.4, -0.2) is 25.7 Å². The first kappa shape index (κ1) is 12.8. The molecule has 3 rings (SSSR count). The second-order valence-electron chi connectivity index (χ2n) is 4.76. The molecule has 0 unspecified atom stereocenters. The Balaban J connectivity index is 2.37. The fraction of sp³-hybridized carbons (Fsp3) is 0.312. The molecule has 104 valence electrons. The summed E-state index contributed by atoms with van der Waals surface area (Å²) in [6.07, 6.45) is 7.00. The third-order valence-electron chi connectivity index (χ3n) is 3.56. The van der Waals surface area contributed by atoms with Gasteiger partial charge in [-0.05, 0) is 30.0 Å². The molecule has 20 heavy (non-hydrogen) atoms.